The fourth-order valence-corrected chi connectivity index (χ4v) is 3.75. The van der Waals surface area contributed by atoms with Crippen LogP contribution in [-0.4, -0.2) is 49.9 Å². The molecule has 2 aliphatic heterocycles. The van der Waals surface area contributed by atoms with Gasteiger partial charge >= 0.3 is 5.97 Å². The highest BCUT2D eigenvalue weighted by molar-refractivity contribution is 5.98. The Bertz CT molecular complexity index is 930. The number of hydrogen-bond acceptors (Lipinski definition) is 8. The van der Waals surface area contributed by atoms with Crippen LogP contribution in [0.3, 0.4) is 0 Å². The summed E-state index contributed by atoms with van der Waals surface area (Å²) >= 11 is 0. The molecule has 3 rings (SSSR count). The lowest BCUT2D eigenvalue weighted by atomic mass is 9.90. The molecule has 0 amide bonds. The molecule has 0 saturated carbocycles. The Kier molecular flexibility index (Phi) is 6.90. The molecule has 1 aromatic carbocycles. The average molecular weight is 431 g/mol. The Labute approximate surface area is 181 Å². The molecule has 0 atom stereocenters. The van der Waals surface area contributed by atoms with Gasteiger partial charge in [0.2, 0.25) is 0 Å². The highest BCUT2D eigenvalue weighted by Gasteiger charge is 2.38. The van der Waals surface area contributed by atoms with Crippen LogP contribution < -0.4 is 14.8 Å². The minimum absolute atomic E-state index is 0.0309. The van der Waals surface area contributed by atoms with Gasteiger partial charge in [-0.3, -0.25) is 4.79 Å². The number of phenols is 1. The van der Waals surface area contributed by atoms with Gasteiger partial charge in [-0.1, -0.05) is 0 Å². The zero-order valence-corrected chi connectivity index (χ0v) is 18.4. The zero-order chi connectivity index (χ0) is 22.6. The maximum Gasteiger partial charge on any atom is 0.335 e. The van der Waals surface area contributed by atoms with Crippen molar-refractivity contribution in [2.75, 3.05) is 26.9 Å². The van der Waals surface area contributed by atoms with Gasteiger partial charge in [-0.15, -0.1) is 0 Å². The largest absolute Gasteiger partial charge is 0.507 e. The SMILES string of the molecule is CCOC(=O)C1=CNC(c2c(O)cc(OCCCOC)c3c2CC(C)(C)O3)=C(C=O)C1. The predicted molar refractivity (Wildman–Crippen MR) is 114 cm³/mol. The Balaban J connectivity index is 1.99. The van der Waals surface area contributed by atoms with E-state index in [9.17, 15) is 14.7 Å². The number of rotatable bonds is 9. The van der Waals surface area contributed by atoms with E-state index >= 15 is 0 Å². The number of esters is 1. The first-order valence-electron chi connectivity index (χ1n) is 10.3. The smallest absolute Gasteiger partial charge is 0.335 e. The maximum absolute atomic E-state index is 12.1. The molecule has 0 aromatic heterocycles. The zero-order valence-electron chi connectivity index (χ0n) is 18.4. The number of methoxy groups -OCH3 is 1. The van der Waals surface area contributed by atoms with E-state index in [4.69, 9.17) is 18.9 Å². The summed E-state index contributed by atoms with van der Waals surface area (Å²) in [7, 11) is 1.63. The van der Waals surface area contributed by atoms with E-state index in [0.717, 1.165) is 5.56 Å². The topological polar surface area (TPSA) is 103 Å². The third kappa shape index (κ3) is 4.85. The molecule has 0 spiro atoms. The first kappa shape index (κ1) is 22.7. The van der Waals surface area contributed by atoms with Crippen LogP contribution in [0.1, 0.15) is 44.7 Å². The fraction of sp³-hybridized carbons (Fsp3) is 0.478. The van der Waals surface area contributed by atoms with Gasteiger partial charge in [0.1, 0.15) is 17.6 Å². The molecule has 1 aromatic rings. The van der Waals surface area contributed by atoms with Crippen molar-refractivity contribution in [1.29, 1.82) is 0 Å². The summed E-state index contributed by atoms with van der Waals surface area (Å²) in [5.74, 6) is 0.489. The van der Waals surface area contributed by atoms with Crippen molar-refractivity contribution in [2.24, 2.45) is 0 Å². The van der Waals surface area contributed by atoms with Gasteiger partial charge in [-0.2, -0.15) is 0 Å². The Morgan fingerprint density at radius 3 is 2.81 bits per heavy atom. The number of allylic oxidation sites excluding steroid dienone is 1. The summed E-state index contributed by atoms with van der Waals surface area (Å²) in [6.07, 6.45) is 3.53. The molecule has 0 radical (unpaired) electrons. The van der Waals surface area contributed by atoms with E-state index in [1.807, 2.05) is 13.8 Å². The average Bonchev–Trinajstić information content (AvgIpc) is 3.06. The van der Waals surface area contributed by atoms with Crippen LogP contribution in [0, 0.1) is 0 Å². The molecular formula is C23H29NO7. The molecule has 2 N–H and O–H groups in total. The third-order valence-corrected chi connectivity index (χ3v) is 5.08. The van der Waals surface area contributed by atoms with E-state index in [-0.39, 0.29) is 18.8 Å². The van der Waals surface area contributed by atoms with Crippen molar-refractivity contribution >= 4 is 18.0 Å². The Morgan fingerprint density at radius 2 is 2.13 bits per heavy atom. The quantitative estimate of drug-likeness (QED) is 0.350. The third-order valence-electron chi connectivity index (χ3n) is 5.08. The van der Waals surface area contributed by atoms with Crippen LogP contribution in [0.25, 0.3) is 5.70 Å². The van der Waals surface area contributed by atoms with E-state index in [2.05, 4.69) is 5.32 Å². The summed E-state index contributed by atoms with van der Waals surface area (Å²) in [6, 6.07) is 1.50. The van der Waals surface area contributed by atoms with Crippen molar-refractivity contribution in [3.8, 4) is 17.2 Å². The van der Waals surface area contributed by atoms with E-state index in [0.29, 0.717) is 66.2 Å². The van der Waals surface area contributed by atoms with Gasteiger partial charge in [0.25, 0.3) is 0 Å². The van der Waals surface area contributed by atoms with Crippen molar-refractivity contribution < 1.29 is 33.6 Å². The van der Waals surface area contributed by atoms with Crippen LogP contribution in [0.5, 0.6) is 17.2 Å². The molecule has 0 bridgehead atoms. The number of carbonyl (C=O) groups is 2. The summed E-state index contributed by atoms with van der Waals surface area (Å²) in [5.41, 5.74) is 1.87. The summed E-state index contributed by atoms with van der Waals surface area (Å²) in [6.45, 7) is 6.84. The lowest BCUT2D eigenvalue weighted by Crippen LogP contribution is -2.25. The van der Waals surface area contributed by atoms with Gasteiger partial charge < -0.3 is 29.4 Å². The number of nitrogens with one attached hydrogen (secondary N) is 1. The van der Waals surface area contributed by atoms with Crippen LogP contribution in [-0.2, 0) is 25.5 Å². The van der Waals surface area contributed by atoms with Gasteiger partial charge in [-0.25, -0.2) is 4.79 Å². The normalized spacial score (nSPS) is 16.7. The monoisotopic (exact) mass is 431 g/mol. The first-order chi connectivity index (χ1) is 14.8. The van der Waals surface area contributed by atoms with Crippen LogP contribution in [0.2, 0.25) is 0 Å². The number of phenolic OH excluding ortho intramolecular Hbond substituents is 1. The first-order valence-corrected chi connectivity index (χ1v) is 10.3. The van der Waals surface area contributed by atoms with Crippen LogP contribution >= 0.6 is 0 Å². The Hall–Kier alpha value is -3.00. The second-order valence-corrected chi connectivity index (χ2v) is 8.04. The number of aldehydes is 1. The molecule has 31 heavy (non-hydrogen) atoms. The molecule has 168 valence electrons. The second kappa shape index (κ2) is 9.43. The van der Waals surface area contributed by atoms with Gasteiger partial charge in [0, 0.05) is 61.9 Å². The van der Waals surface area contributed by atoms with Gasteiger partial charge in [0.15, 0.2) is 11.5 Å². The second-order valence-electron chi connectivity index (χ2n) is 8.04. The molecule has 0 saturated heterocycles. The number of aromatic hydroxyl groups is 1. The van der Waals surface area contributed by atoms with Crippen molar-refractivity contribution in [3.63, 3.8) is 0 Å². The Morgan fingerprint density at radius 1 is 1.35 bits per heavy atom. The van der Waals surface area contributed by atoms with Crippen LogP contribution in [0.15, 0.2) is 23.4 Å². The molecule has 2 heterocycles. The lowest BCUT2D eigenvalue weighted by Gasteiger charge is -2.22. The van der Waals surface area contributed by atoms with Crippen molar-refractivity contribution in [1.82, 2.24) is 5.32 Å². The highest BCUT2D eigenvalue weighted by Crippen LogP contribution is 2.49. The van der Waals surface area contributed by atoms with Crippen LogP contribution in [0.4, 0.5) is 0 Å². The predicted octanol–water partition coefficient (Wildman–Crippen LogP) is 2.87. The van der Waals surface area contributed by atoms with Gasteiger partial charge in [0.05, 0.1) is 24.5 Å². The summed E-state index contributed by atoms with van der Waals surface area (Å²) < 4.78 is 22.1. The molecule has 0 unspecified atom stereocenters. The minimum Gasteiger partial charge on any atom is -0.507 e. The van der Waals surface area contributed by atoms with Crippen molar-refractivity contribution in [3.05, 3.63) is 34.5 Å². The number of hydrogen-bond donors (Lipinski definition) is 2. The van der Waals surface area contributed by atoms with E-state index < -0.39 is 11.6 Å². The standard InChI is InChI=1S/C23H29NO7/c1-5-29-22(27)14-9-15(13-25)20(24-12-14)19-16-11-23(2,3)31-21(16)18(10-17(19)26)30-8-6-7-28-4/h10,12-13,24,26H,5-9,11H2,1-4H3. The maximum atomic E-state index is 12.1. The van der Waals surface area contributed by atoms with E-state index in [1.54, 1.807) is 14.0 Å². The highest BCUT2D eigenvalue weighted by atomic mass is 16.5. The number of benzene rings is 1. The summed E-state index contributed by atoms with van der Waals surface area (Å²) in [4.78, 5) is 23.9. The lowest BCUT2D eigenvalue weighted by molar-refractivity contribution is -0.138. The molecule has 0 fully saturated rings. The van der Waals surface area contributed by atoms with Crippen molar-refractivity contribution in [2.45, 2.75) is 45.6 Å². The number of carbonyl (C=O) groups excluding carboxylic acids is 2. The molecular weight excluding hydrogens is 402 g/mol. The number of dihydropyridines is 1. The summed E-state index contributed by atoms with van der Waals surface area (Å²) in [5, 5.41) is 13.9. The molecule has 8 nitrogen and oxygen atoms in total. The molecule has 8 heteroatoms. The van der Waals surface area contributed by atoms with Gasteiger partial charge in [-0.05, 0) is 20.8 Å². The fourth-order valence-electron chi connectivity index (χ4n) is 3.75. The number of fused-ring (bicyclic) bond motifs is 1. The minimum atomic E-state index is -0.502. The number of ether oxygens (including phenoxy) is 4. The molecule has 2 aliphatic rings. The molecule has 0 aliphatic carbocycles. The van der Waals surface area contributed by atoms with E-state index in [1.165, 1.54) is 12.3 Å².